The first-order chi connectivity index (χ1) is 11.2. The van der Waals surface area contributed by atoms with Gasteiger partial charge < -0.3 is 14.8 Å². The highest BCUT2D eigenvalue weighted by molar-refractivity contribution is 7.18. The average Bonchev–Trinajstić information content (AvgIpc) is 2.93. The molecule has 6 heteroatoms. The lowest BCUT2D eigenvalue weighted by molar-refractivity contribution is 0.155. The van der Waals surface area contributed by atoms with E-state index in [1.165, 1.54) is 23.3 Å². The molecule has 1 N–H and O–H groups in total. The molecule has 0 radical (unpaired) electrons. The summed E-state index contributed by atoms with van der Waals surface area (Å²) in [4.78, 5) is 27.5. The van der Waals surface area contributed by atoms with E-state index in [1.807, 2.05) is 0 Å². The van der Waals surface area contributed by atoms with Crippen LogP contribution in [0.3, 0.4) is 0 Å². The standard InChI is InChI=1S/C17H24N4OS/c1-20-8-10-21(11-9-20)7-6-14-18-16(22)15-12-4-2-3-5-13(12)23-17(15)19-14/h2-11H2,1H3,(H,18,19,22). The molecule has 5 nitrogen and oxygen atoms in total. The molecule has 2 aliphatic rings. The summed E-state index contributed by atoms with van der Waals surface area (Å²) < 4.78 is 0. The zero-order valence-electron chi connectivity index (χ0n) is 13.7. The molecule has 4 rings (SSSR count). The summed E-state index contributed by atoms with van der Waals surface area (Å²) in [7, 11) is 2.17. The molecule has 2 aromatic heterocycles. The highest BCUT2D eigenvalue weighted by atomic mass is 32.1. The molecule has 0 unspecified atom stereocenters. The van der Waals surface area contributed by atoms with E-state index in [2.05, 4.69) is 21.8 Å². The normalized spacial score (nSPS) is 20.0. The van der Waals surface area contributed by atoms with Gasteiger partial charge in [0, 0.05) is 44.0 Å². The van der Waals surface area contributed by atoms with Gasteiger partial charge in [0.2, 0.25) is 0 Å². The van der Waals surface area contributed by atoms with Crippen LogP contribution < -0.4 is 5.56 Å². The monoisotopic (exact) mass is 332 g/mol. The second-order valence-corrected chi connectivity index (χ2v) is 7.88. The molecule has 1 aliphatic heterocycles. The summed E-state index contributed by atoms with van der Waals surface area (Å²) in [6.45, 7) is 5.45. The maximum atomic E-state index is 12.5. The van der Waals surface area contributed by atoms with Gasteiger partial charge in [-0.25, -0.2) is 4.98 Å². The number of rotatable bonds is 3. The SMILES string of the molecule is CN1CCN(CCc2nc3sc4c(c3c(=O)[nH]2)CCCC4)CC1. The van der Waals surface area contributed by atoms with Crippen molar-refractivity contribution in [2.45, 2.75) is 32.1 Å². The lowest BCUT2D eigenvalue weighted by Gasteiger charge is -2.32. The Morgan fingerprint density at radius 1 is 1.17 bits per heavy atom. The van der Waals surface area contributed by atoms with Crippen molar-refractivity contribution in [3.05, 3.63) is 26.6 Å². The zero-order valence-corrected chi connectivity index (χ0v) is 14.5. The first-order valence-electron chi connectivity index (χ1n) is 8.65. The maximum absolute atomic E-state index is 12.5. The van der Waals surface area contributed by atoms with Crippen LogP contribution in [0.4, 0.5) is 0 Å². The molecular formula is C17H24N4OS. The number of aromatic nitrogens is 2. The fraction of sp³-hybridized carbons (Fsp3) is 0.647. The summed E-state index contributed by atoms with van der Waals surface area (Å²) in [6.07, 6.45) is 5.43. The van der Waals surface area contributed by atoms with Gasteiger partial charge in [-0.3, -0.25) is 4.79 Å². The number of nitrogens with one attached hydrogen (secondary N) is 1. The lowest BCUT2D eigenvalue weighted by Crippen LogP contribution is -2.45. The quantitative estimate of drug-likeness (QED) is 0.929. The van der Waals surface area contributed by atoms with Crippen molar-refractivity contribution >= 4 is 21.6 Å². The molecule has 0 amide bonds. The van der Waals surface area contributed by atoms with Crippen molar-refractivity contribution in [3.63, 3.8) is 0 Å². The van der Waals surface area contributed by atoms with Crippen LogP contribution in [0, 0.1) is 0 Å². The number of hydrogen-bond donors (Lipinski definition) is 1. The van der Waals surface area contributed by atoms with Crippen molar-refractivity contribution in [3.8, 4) is 0 Å². The Kier molecular flexibility index (Phi) is 4.22. The zero-order chi connectivity index (χ0) is 15.8. The van der Waals surface area contributed by atoms with Crippen molar-refractivity contribution in [2.75, 3.05) is 39.8 Å². The predicted molar refractivity (Wildman–Crippen MR) is 94.5 cm³/mol. The number of H-pyrrole nitrogens is 1. The molecule has 0 atom stereocenters. The van der Waals surface area contributed by atoms with Crippen LogP contribution in [0.15, 0.2) is 4.79 Å². The Morgan fingerprint density at radius 2 is 1.96 bits per heavy atom. The molecule has 124 valence electrons. The third-order valence-corrected chi connectivity index (χ3v) is 6.32. The molecule has 23 heavy (non-hydrogen) atoms. The first-order valence-corrected chi connectivity index (χ1v) is 9.47. The van der Waals surface area contributed by atoms with E-state index in [4.69, 9.17) is 4.98 Å². The van der Waals surface area contributed by atoms with E-state index in [0.29, 0.717) is 0 Å². The number of aromatic amines is 1. The molecule has 1 aliphatic carbocycles. The van der Waals surface area contributed by atoms with E-state index >= 15 is 0 Å². The molecule has 1 saturated heterocycles. The number of likely N-dealkylation sites (N-methyl/N-ethyl adjacent to an activating group) is 1. The Hall–Kier alpha value is -1.24. The number of hydrogen-bond acceptors (Lipinski definition) is 5. The van der Waals surface area contributed by atoms with E-state index in [-0.39, 0.29) is 5.56 Å². The largest absolute Gasteiger partial charge is 0.310 e. The molecular weight excluding hydrogens is 308 g/mol. The van der Waals surface area contributed by atoms with E-state index in [1.54, 1.807) is 11.3 Å². The molecule has 0 saturated carbocycles. The Balaban J connectivity index is 1.53. The minimum absolute atomic E-state index is 0.0720. The Morgan fingerprint density at radius 3 is 2.78 bits per heavy atom. The van der Waals surface area contributed by atoms with Gasteiger partial charge in [0.25, 0.3) is 5.56 Å². The maximum Gasteiger partial charge on any atom is 0.259 e. The van der Waals surface area contributed by atoms with Crippen molar-refractivity contribution in [1.29, 1.82) is 0 Å². The fourth-order valence-corrected chi connectivity index (χ4v) is 4.94. The summed E-state index contributed by atoms with van der Waals surface area (Å²) >= 11 is 1.74. The Bertz CT molecular complexity index is 758. The number of fused-ring (bicyclic) bond motifs is 3. The van der Waals surface area contributed by atoms with Gasteiger partial charge in [-0.15, -0.1) is 11.3 Å². The molecule has 2 aromatic rings. The highest BCUT2D eigenvalue weighted by Gasteiger charge is 2.20. The third kappa shape index (κ3) is 3.07. The van der Waals surface area contributed by atoms with Gasteiger partial charge in [-0.1, -0.05) is 0 Å². The van der Waals surface area contributed by atoms with Crippen LogP contribution in [-0.4, -0.2) is 59.5 Å². The van der Waals surface area contributed by atoms with Gasteiger partial charge >= 0.3 is 0 Å². The van der Waals surface area contributed by atoms with Crippen molar-refractivity contribution < 1.29 is 0 Å². The van der Waals surface area contributed by atoms with Gasteiger partial charge in [-0.05, 0) is 38.3 Å². The minimum atomic E-state index is 0.0720. The Labute approximate surface area is 140 Å². The number of nitrogens with zero attached hydrogens (tertiary/aromatic N) is 3. The highest BCUT2D eigenvalue weighted by Crippen LogP contribution is 2.33. The van der Waals surface area contributed by atoms with Crippen LogP contribution in [-0.2, 0) is 19.3 Å². The fourth-order valence-electron chi connectivity index (χ4n) is 3.66. The van der Waals surface area contributed by atoms with E-state index in [9.17, 15) is 4.79 Å². The van der Waals surface area contributed by atoms with Crippen LogP contribution in [0.5, 0.6) is 0 Å². The molecule has 3 heterocycles. The van der Waals surface area contributed by atoms with E-state index in [0.717, 1.165) is 68.0 Å². The molecule has 0 aromatic carbocycles. The molecule has 1 fully saturated rings. The smallest absolute Gasteiger partial charge is 0.259 e. The van der Waals surface area contributed by atoms with Gasteiger partial charge in [0.05, 0.1) is 5.39 Å². The average molecular weight is 332 g/mol. The first kappa shape index (κ1) is 15.3. The topological polar surface area (TPSA) is 52.2 Å². The summed E-state index contributed by atoms with van der Waals surface area (Å²) in [5.74, 6) is 0.847. The van der Waals surface area contributed by atoms with Gasteiger partial charge in [0.1, 0.15) is 10.7 Å². The summed E-state index contributed by atoms with van der Waals surface area (Å²) in [6, 6.07) is 0. The predicted octanol–water partition coefficient (Wildman–Crippen LogP) is 1.65. The summed E-state index contributed by atoms with van der Waals surface area (Å²) in [5, 5.41) is 0.869. The van der Waals surface area contributed by atoms with Crippen LogP contribution in [0.1, 0.15) is 29.1 Å². The van der Waals surface area contributed by atoms with Crippen molar-refractivity contribution in [1.82, 2.24) is 19.8 Å². The molecule has 0 spiro atoms. The number of aryl methyl sites for hydroxylation is 2. The molecule has 0 bridgehead atoms. The number of thiophene rings is 1. The lowest BCUT2D eigenvalue weighted by atomic mass is 9.97. The number of piperazine rings is 1. The van der Waals surface area contributed by atoms with Crippen LogP contribution in [0.2, 0.25) is 0 Å². The van der Waals surface area contributed by atoms with Crippen LogP contribution >= 0.6 is 11.3 Å². The second kappa shape index (κ2) is 6.34. The van der Waals surface area contributed by atoms with E-state index < -0.39 is 0 Å². The van der Waals surface area contributed by atoms with Crippen molar-refractivity contribution in [2.24, 2.45) is 0 Å². The summed E-state index contributed by atoms with van der Waals surface area (Å²) in [5.41, 5.74) is 1.35. The second-order valence-electron chi connectivity index (χ2n) is 6.80. The van der Waals surface area contributed by atoms with Gasteiger partial charge in [0.15, 0.2) is 0 Å². The minimum Gasteiger partial charge on any atom is -0.310 e. The van der Waals surface area contributed by atoms with Crippen LogP contribution in [0.25, 0.3) is 10.2 Å². The van der Waals surface area contributed by atoms with Gasteiger partial charge in [-0.2, -0.15) is 0 Å². The third-order valence-electron chi connectivity index (χ3n) is 5.13.